The molecule has 0 aliphatic carbocycles. The normalized spacial score (nSPS) is 18.6. The van der Waals surface area contributed by atoms with Crippen molar-refractivity contribution < 1.29 is 9.47 Å². The van der Waals surface area contributed by atoms with Crippen LogP contribution in [0.5, 0.6) is 11.5 Å². The van der Waals surface area contributed by atoms with Crippen molar-refractivity contribution in [3.8, 4) is 11.5 Å². The van der Waals surface area contributed by atoms with E-state index in [1.54, 1.807) is 14.2 Å². The number of nitrogens with one attached hydrogen (secondary N) is 1. The molecule has 1 aliphatic heterocycles. The number of ether oxygens (including phenoxy) is 2. The highest BCUT2D eigenvalue weighted by Gasteiger charge is 2.42. The van der Waals surface area contributed by atoms with Gasteiger partial charge in [-0.1, -0.05) is 6.07 Å². The lowest BCUT2D eigenvalue weighted by Crippen LogP contribution is -2.29. The maximum Gasteiger partial charge on any atom is 0.174 e. The van der Waals surface area contributed by atoms with E-state index >= 15 is 0 Å². The second kappa shape index (κ2) is 8.36. The number of methoxy groups -OCH3 is 2. The molecule has 1 saturated heterocycles. The largest absolute Gasteiger partial charge is 0.497 e. The first-order valence-electron chi connectivity index (χ1n) is 9.93. The topological polar surface area (TPSA) is 51.5 Å². The summed E-state index contributed by atoms with van der Waals surface area (Å²) in [5.74, 6) is 1.44. The van der Waals surface area contributed by atoms with E-state index in [2.05, 4.69) is 52.1 Å². The molecular weight excluding hydrogens is 396 g/mol. The molecule has 6 nitrogen and oxygen atoms in total. The molecule has 0 bridgehead atoms. The molecular formula is C23H26N4O2S. The molecule has 0 saturated carbocycles. The summed E-state index contributed by atoms with van der Waals surface area (Å²) in [5.41, 5.74) is 2.98. The first-order valence-corrected chi connectivity index (χ1v) is 10.3. The van der Waals surface area contributed by atoms with Crippen LogP contribution >= 0.6 is 12.2 Å². The Morgan fingerprint density at radius 1 is 1.10 bits per heavy atom. The number of rotatable bonds is 6. The first kappa shape index (κ1) is 20.2. The standard InChI is InChI=1S/C23H26N4O2S/c1-15(2)26-12-10-16(14-26)22-21(18-7-5-6-11-24-18)25-23(30)27(22)19-9-8-17(28-3)13-20(19)29-4/h5-15,21-22H,1-4H3,(H,25,30)/t21-,22-/m0/s1. The van der Waals surface area contributed by atoms with Crippen LogP contribution in [0.25, 0.3) is 0 Å². The minimum absolute atomic E-state index is 0.0744. The van der Waals surface area contributed by atoms with Gasteiger partial charge < -0.3 is 24.3 Å². The SMILES string of the molecule is COc1ccc(N2C(=S)N[C@@H](c3ccccn3)[C@@H]2c2ccn(C(C)C)c2)c(OC)c1. The molecule has 2 aromatic heterocycles. The fraction of sp³-hybridized carbons (Fsp3) is 0.304. The number of thiocarbonyl (C=S) groups is 1. The van der Waals surface area contributed by atoms with Gasteiger partial charge in [-0.25, -0.2) is 0 Å². The molecule has 1 fully saturated rings. The molecule has 0 spiro atoms. The number of benzene rings is 1. The number of aromatic nitrogens is 2. The third-order valence-corrected chi connectivity index (χ3v) is 5.73. The van der Waals surface area contributed by atoms with Crippen LogP contribution in [-0.4, -0.2) is 28.9 Å². The van der Waals surface area contributed by atoms with Gasteiger partial charge in [0.25, 0.3) is 0 Å². The van der Waals surface area contributed by atoms with E-state index in [1.807, 2.05) is 42.6 Å². The monoisotopic (exact) mass is 422 g/mol. The Labute approximate surface area is 182 Å². The van der Waals surface area contributed by atoms with Gasteiger partial charge in [0.1, 0.15) is 11.5 Å². The number of hydrogen-bond donors (Lipinski definition) is 1. The Hall–Kier alpha value is -3.06. The van der Waals surface area contributed by atoms with Gasteiger partial charge in [-0.05, 0) is 62.0 Å². The van der Waals surface area contributed by atoms with E-state index in [4.69, 9.17) is 21.7 Å². The van der Waals surface area contributed by atoms with E-state index in [9.17, 15) is 0 Å². The van der Waals surface area contributed by atoms with E-state index in [1.165, 1.54) is 0 Å². The summed E-state index contributed by atoms with van der Waals surface area (Å²) < 4.78 is 13.3. The lowest BCUT2D eigenvalue weighted by molar-refractivity contribution is 0.394. The average molecular weight is 423 g/mol. The quantitative estimate of drug-likeness (QED) is 0.583. The molecule has 1 aliphatic rings. The zero-order chi connectivity index (χ0) is 21.3. The molecule has 4 rings (SSSR count). The van der Waals surface area contributed by atoms with Crippen LogP contribution in [0.4, 0.5) is 5.69 Å². The van der Waals surface area contributed by atoms with Crippen molar-refractivity contribution >= 4 is 23.0 Å². The highest BCUT2D eigenvalue weighted by atomic mass is 32.1. The molecule has 1 N–H and O–H groups in total. The zero-order valence-electron chi connectivity index (χ0n) is 17.6. The van der Waals surface area contributed by atoms with Crippen molar-refractivity contribution in [3.05, 3.63) is 72.3 Å². The molecule has 3 aromatic rings. The van der Waals surface area contributed by atoms with Crippen LogP contribution in [0.15, 0.2) is 61.1 Å². The van der Waals surface area contributed by atoms with Crippen molar-refractivity contribution in [1.82, 2.24) is 14.9 Å². The van der Waals surface area contributed by atoms with Gasteiger partial charge in [0, 0.05) is 30.7 Å². The highest BCUT2D eigenvalue weighted by molar-refractivity contribution is 7.80. The van der Waals surface area contributed by atoms with E-state index < -0.39 is 0 Å². The van der Waals surface area contributed by atoms with Gasteiger partial charge in [0.2, 0.25) is 0 Å². The second-order valence-electron chi connectivity index (χ2n) is 7.52. The molecule has 0 amide bonds. The minimum atomic E-state index is -0.0893. The van der Waals surface area contributed by atoms with Crippen molar-refractivity contribution in [3.63, 3.8) is 0 Å². The van der Waals surface area contributed by atoms with Crippen LogP contribution in [0.3, 0.4) is 0 Å². The predicted octanol–water partition coefficient (Wildman–Crippen LogP) is 4.66. The molecule has 3 heterocycles. The molecule has 30 heavy (non-hydrogen) atoms. The lowest BCUT2D eigenvalue weighted by Gasteiger charge is -2.28. The summed E-state index contributed by atoms with van der Waals surface area (Å²) >= 11 is 5.80. The van der Waals surface area contributed by atoms with Crippen molar-refractivity contribution in [2.45, 2.75) is 32.0 Å². The molecule has 2 atom stereocenters. The Bertz CT molecular complexity index is 1030. The third kappa shape index (κ3) is 3.61. The summed E-state index contributed by atoms with van der Waals surface area (Å²) in [6.07, 6.45) is 6.11. The molecule has 7 heteroatoms. The number of hydrogen-bond acceptors (Lipinski definition) is 4. The van der Waals surface area contributed by atoms with Gasteiger partial charge in [0.15, 0.2) is 5.11 Å². The van der Waals surface area contributed by atoms with Crippen LogP contribution < -0.4 is 19.7 Å². The zero-order valence-corrected chi connectivity index (χ0v) is 18.4. The smallest absolute Gasteiger partial charge is 0.174 e. The predicted molar refractivity (Wildman–Crippen MR) is 122 cm³/mol. The van der Waals surface area contributed by atoms with Crippen molar-refractivity contribution in [1.29, 1.82) is 0 Å². The average Bonchev–Trinajstić information content (AvgIpc) is 3.38. The molecule has 156 valence electrons. The second-order valence-corrected chi connectivity index (χ2v) is 7.91. The minimum Gasteiger partial charge on any atom is -0.497 e. The van der Waals surface area contributed by atoms with Crippen LogP contribution in [0, 0.1) is 0 Å². The Kier molecular flexibility index (Phi) is 5.63. The number of pyridine rings is 1. The summed E-state index contributed by atoms with van der Waals surface area (Å²) in [7, 11) is 3.30. The summed E-state index contributed by atoms with van der Waals surface area (Å²) in [5, 5.41) is 4.12. The van der Waals surface area contributed by atoms with Gasteiger partial charge in [0.05, 0.1) is 37.7 Å². The van der Waals surface area contributed by atoms with Gasteiger partial charge >= 0.3 is 0 Å². The van der Waals surface area contributed by atoms with Gasteiger partial charge in [-0.2, -0.15) is 0 Å². The molecule has 1 aromatic carbocycles. The molecule has 0 unspecified atom stereocenters. The lowest BCUT2D eigenvalue weighted by atomic mass is 9.98. The highest BCUT2D eigenvalue weighted by Crippen LogP contribution is 2.45. The first-order chi connectivity index (χ1) is 14.5. The Morgan fingerprint density at radius 2 is 1.93 bits per heavy atom. The van der Waals surface area contributed by atoms with E-state index in [0.717, 1.165) is 22.7 Å². The maximum atomic E-state index is 5.80. The van der Waals surface area contributed by atoms with Gasteiger partial charge in [-0.3, -0.25) is 4.98 Å². The van der Waals surface area contributed by atoms with Crippen LogP contribution in [-0.2, 0) is 0 Å². The van der Waals surface area contributed by atoms with Crippen LogP contribution in [0.2, 0.25) is 0 Å². The van der Waals surface area contributed by atoms with Crippen molar-refractivity contribution in [2.24, 2.45) is 0 Å². The maximum absolute atomic E-state index is 5.80. The summed E-state index contributed by atoms with van der Waals surface area (Å²) in [4.78, 5) is 6.72. The van der Waals surface area contributed by atoms with Crippen LogP contribution in [0.1, 0.15) is 43.2 Å². The Balaban J connectivity index is 1.84. The van der Waals surface area contributed by atoms with E-state index in [0.29, 0.717) is 16.9 Å². The molecule has 0 radical (unpaired) electrons. The number of anilines is 1. The van der Waals surface area contributed by atoms with E-state index in [-0.39, 0.29) is 12.1 Å². The Morgan fingerprint density at radius 3 is 2.57 bits per heavy atom. The summed E-state index contributed by atoms with van der Waals surface area (Å²) in [6.45, 7) is 4.34. The van der Waals surface area contributed by atoms with Crippen molar-refractivity contribution in [2.75, 3.05) is 19.1 Å². The fourth-order valence-corrected chi connectivity index (χ4v) is 4.20. The number of nitrogens with zero attached hydrogens (tertiary/aromatic N) is 3. The fourth-order valence-electron chi connectivity index (χ4n) is 3.86. The van der Waals surface area contributed by atoms with Gasteiger partial charge in [-0.15, -0.1) is 0 Å². The summed E-state index contributed by atoms with van der Waals surface area (Å²) in [6, 6.07) is 14.1. The third-order valence-electron chi connectivity index (χ3n) is 5.42.